The number of carbonyl (C=O) groups excluding carboxylic acids is 2. The zero-order valence-corrected chi connectivity index (χ0v) is 14.4. The number of benzene rings is 1. The van der Waals surface area contributed by atoms with Gasteiger partial charge in [-0.3, -0.25) is 9.59 Å². The molecule has 0 bridgehead atoms. The maximum atomic E-state index is 13.5. The topological polar surface area (TPSA) is 75.5 Å². The van der Waals surface area contributed by atoms with Crippen LogP contribution in [0, 0.1) is 11.6 Å². The molecule has 2 N–H and O–H groups in total. The SMILES string of the molecule is O=C(CCNC(=O)c1ccc(F)cc1F)NCCc1cn2ccccc2n1. The zero-order valence-electron chi connectivity index (χ0n) is 14.4. The third kappa shape index (κ3) is 4.87. The molecule has 1 aromatic carbocycles. The number of hydrogen-bond acceptors (Lipinski definition) is 3. The summed E-state index contributed by atoms with van der Waals surface area (Å²) in [7, 11) is 0. The second kappa shape index (κ2) is 8.39. The second-order valence-corrected chi connectivity index (χ2v) is 5.93. The maximum absolute atomic E-state index is 13.5. The van der Waals surface area contributed by atoms with Gasteiger partial charge in [0.2, 0.25) is 5.91 Å². The van der Waals surface area contributed by atoms with E-state index in [-0.39, 0.29) is 24.4 Å². The first-order chi connectivity index (χ1) is 13.0. The van der Waals surface area contributed by atoms with E-state index in [4.69, 9.17) is 0 Å². The van der Waals surface area contributed by atoms with Crippen LogP contribution in [0.1, 0.15) is 22.5 Å². The molecule has 0 aliphatic heterocycles. The lowest BCUT2D eigenvalue weighted by Gasteiger charge is -2.07. The molecule has 140 valence electrons. The van der Waals surface area contributed by atoms with Gasteiger partial charge in [-0.25, -0.2) is 13.8 Å². The standard InChI is InChI=1S/C19H18F2N4O2/c20-13-4-5-15(16(21)11-13)19(27)23-9-7-18(26)22-8-6-14-12-25-10-2-1-3-17(25)24-14/h1-5,10-12H,6-9H2,(H,22,26)(H,23,27). The summed E-state index contributed by atoms with van der Waals surface area (Å²) in [6.45, 7) is 0.471. The van der Waals surface area contributed by atoms with Gasteiger partial charge in [-0.2, -0.15) is 0 Å². The van der Waals surface area contributed by atoms with Gasteiger partial charge in [0.05, 0.1) is 11.3 Å². The predicted octanol–water partition coefficient (Wildman–Crippen LogP) is 2.09. The molecule has 3 rings (SSSR count). The number of aromatic nitrogens is 2. The van der Waals surface area contributed by atoms with Crippen LogP contribution in [0.4, 0.5) is 8.78 Å². The number of nitrogens with zero attached hydrogens (tertiary/aromatic N) is 2. The Morgan fingerprint density at radius 1 is 1.07 bits per heavy atom. The van der Waals surface area contributed by atoms with E-state index < -0.39 is 17.5 Å². The number of halogens is 2. The van der Waals surface area contributed by atoms with Gasteiger partial charge in [-0.05, 0) is 24.3 Å². The highest BCUT2D eigenvalue weighted by atomic mass is 19.1. The smallest absolute Gasteiger partial charge is 0.254 e. The normalized spacial score (nSPS) is 10.7. The largest absolute Gasteiger partial charge is 0.356 e. The molecule has 6 nitrogen and oxygen atoms in total. The lowest BCUT2D eigenvalue weighted by Crippen LogP contribution is -2.32. The molecular weight excluding hydrogens is 354 g/mol. The van der Waals surface area contributed by atoms with Crippen LogP contribution in [0.2, 0.25) is 0 Å². The summed E-state index contributed by atoms with van der Waals surface area (Å²) in [6.07, 6.45) is 4.44. The number of imidazole rings is 1. The van der Waals surface area contributed by atoms with E-state index in [1.54, 1.807) is 0 Å². The summed E-state index contributed by atoms with van der Waals surface area (Å²) >= 11 is 0. The average molecular weight is 372 g/mol. The zero-order chi connectivity index (χ0) is 19.2. The van der Waals surface area contributed by atoms with Crippen molar-refractivity contribution in [3.8, 4) is 0 Å². The molecule has 0 aliphatic rings. The van der Waals surface area contributed by atoms with Crippen molar-refractivity contribution in [3.63, 3.8) is 0 Å². The molecule has 0 radical (unpaired) electrons. The second-order valence-electron chi connectivity index (χ2n) is 5.93. The fraction of sp³-hybridized carbons (Fsp3) is 0.211. The summed E-state index contributed by atoms with van der Waals surface area (Å²) in [5, 5.41) is 5.18. The van der Waals surface area contributed by atoms with E-state index in [2.05, 4.69) is 15.6 Å². The summed E-state index contributed by atoms with van der Waals surface area (Å²) in [6, 6.07) is 8.42. The number of carbonyl (C=O) groups is 2. The molecule has 3 aromatic rings. The first kappa shape index (κ1) is 18.5. The van der Waals surface area contributed by atoms with Crippen molar-refractivity contribution in [1.82, 2.24) is 20.0 Å². The molecule has 2 heterocycles. The number of rotatable bonds is 7. The third-order valence-electron chi connectivity index (χ3n) is 3.93. The minimum atomic E-state index is -0.940. The minimum Gasteiger partial charge on any atom is -0.356 e. The van der Waals surface area contributed by atoms with Crippen LogP contribution < -0.4 is 10.6 Å². The summed E-state index contributed by atoms with van der Waals surface area (Å²) in [4.78, 5) is 28.1. The molecule has 0 spiro atoms. The van der Waals surface area contributed by atoms with Crippen LogP contribution >= 0.6 is 0 Å². The summed E-state index contributed by atoms with van der Waals surface area (Å²) in [5.74, 6) is -2.62. The number of amides is 2. The number of hydrogen-bond donors (Lipinski definition) is 2. The Balaban J connectivity index is 1.38. The monoisotopic (exact) mass is 372 g/mol. The highest BCUT2D eigenvalue weighted by molar-refractivity contribution is 5.94. The van der Waals surface area contributed by atoms with Crippen molar-refractivity contribution in [1.29, 1.82) is 0 Å². The molecule has 0 atom stereocenters. The fourth-order valence-corrected chi connectivity index (χ4v) is 2.58. The Morgan fingerprint density at radius 2 is 1.93 bits per heavy atom. The summed E-state index contributed by atoms with van der Waals surface area (Å²) < 4.78 is 28.2. The first-order valence-electron chi connectivity index (χ1n) is 8.45. The van der Waals surface area contributed by atoms with Crippen LogP contribution in [0.15, 0.2) is 48.8 Å². The van der Waals surface area contributed by atoms with E-state index in [9.17, 15) is 18.4 Å². The molecular formula is C19H18F2N4O2. The van der Waals surface area contributed by atoms with Gasteiger partial charge in [0.25, 0.3) is 5.91 Å². The van der Waals surface area contributed by atoms with Crippen LogP contribution in [-0.4, -0.2) is 34.3 Å². The van der Waals surface area contributed by atoms with Gasteiger partial charge in [0.1, 0.15) is 17.3 Å². The molecule has 0 unspecified atom stereocenters. The highest BCUT2D eigenvalue weighted by Crippen LogP contribution is 2.09. The summed E-state index contributed by atoms with van der Waals surface area (Å²) in [5.41, 5.74) is 1.44. The van der Waals surface area contributed by atoms with Gasteiger partial charge < -0.3 is 15.0 Å². The number of nitrogens with one attached hydrogen (secondary N) is 2. The van der Waals surface area contributed by atoms with Crippen LogP contribution in [0.25, 0.3) is 5.65 Å². The molecule has 0 fully saturated rings. The van der Waals surface area contributed by atoms with Gasteiger partial charge in [0, 0.05) is 44.4 Å². The Kier molecular flexibility index (Phi) is 5.75. The van der Waals surface area contributed by atoms with Crippen LogP contribution in [-0.2, 0) is 11.2 Å². The van der Waals surface area contributed by atoms with Gasteiger partial charge in [0.15, 0.2) is 0 Å². The Bertz CT molecular complexity index is 938. The van der Waals surface area contributed by atoms with Gasteiger partial charge in [-0.15, -0.1) is 0 Å². The van der Waals surface area contributed by atoms with Gasteiger partial charge in [-0.1, -0.05) is 6.07 Å². The van der Waals surface area contributed by atoms with E-state index in [1.165, 1.54) is 0 Å². The lowest BCUT2D eigenvalue weighted by atomic mass is 10.2. The van der Waals surface area contributed by atoms with E-state index >= 15 is 0 Å². The maximum Gasteiger partial charge on any atom is 0.254 e. The first-order valence-corrected chi connectivity index (χ1v) is 8.45. The van der Waals surface area contributed by atoms with Crippen molar-refractivity contribution in [2.45, 2.75) is 12.8 Å². The minimum absolute atomic E-state index is 0.0514. The lowest BCUT2D eigenvalue weighted by molar-refractivity contribution is -0.120. The molecule has 0 saturated carbocycles. The Morgan fingerprint density at radius 3 is 2.70 bits per heavy atom. The third-order valence-corrected chi connectivity index (χ3v) is 3.93. The van der Waals surface area contributed by atoms with Crippen molar-refractivity contribution >= 4 is 17.5 Å². The van der Waals surface area contributed by atoms with Gasteiger partial charge >= 0.3 is 0 Å². The van der Waals surface area contributed by atoms with E-state index in [1.807, 2.05) is 35.0 Å². The quantitative estimate of drug-likeness (QED) is 0.667. The average Bonchev–Trinajstić information content (AvgIpc) is 3.04. The molecule has 2 amide bonds. The fourth-order valence-electron chi connectivity index (χ4n) is 2.58. The Hall–Kier alpha value is -3.29. The van der Waals surface area contributed by atoms with Crippen LogP contribution in [0.5, 0.6) is 0 Å². The number of pyridine rings is 1. The van der Waals surface area contributed by atoms with Crippen molar-refractivity contribution in [2.75, 3.05) is 13.1 Å². The van der Waals surface area contributed by atoms with Crippen molar-refractivity contribution < 1.29 is 18.4 Å². The predicted molar refractivity (Wildman–Crippen MR) is 95.2 cm³/mol. The van der Waals surface area contributed by atoms with Crippen molar-refractivity contribution in [2.24, 2.45) is 0 Å². The highest BCUT2D eigenvalue weighted by Gasteiger charge is 2.12. The molecule has 8 heteroatoms. The van der Waals surface area contributed by atoms with E-state index in [0.717, 1.165) is 23.5 Å². The molecule has 0 aliphatic carbocycles. The number of fused-ring (bicyclic) bond motifs is 1. The molecule has 0 saturated heterocycles. The van der Waals surface area contributed by atoms with E-state index in [0.29, 0.717) is 19.0 Å². The van der Waals surface area contributed by atoms with Crippen LogP contribution in [0.3, 0.4) is 0 Å². The molecule has 27 heavy (non-hydrogen) atoms. The van der Waals surface area contributed by atoms with Crippen molar-refractivity contribution in [3.05, 3.63) is 71.7 Å². The molecule has 2 aromatic heterocycles. The Labute approximate surface area is 154 Å².